The van der Waals surface area contributed by atoms with Crippen molar-refractivity contribution in [1.82, 2.24) is 25.0 Å². The highest BCUT2D eigenvalue weighted by Crippen LogP contribution is 2.25. The number of carbonyl (C=O) groups is 1. The topological polar surface area (TPSA) is 130 Å². The van der Waals surface area contributed by atoms with E-state index in [0.29, 0.717) is 18.8 Å². The van der Waals surface area contributed by atoms with Crippen molar-refractivity contribution < 1.29 is 18.8 Å². The molecule has 4 aromatic rings. The summed E-state index contributed by atoms with van der Waals surface area (Å²) in [5, 5.41) is 7.20. The molecule has 10 nitrogen and oxygen atoms in total. The minimum Gasteiger partial charge on any atom is -0.369 e. The Labute approximate surface area is 232 Å². The minimum absolute atomic E-state index is 0.116. The Balaban J connectivity index is 1.17. The molecule has 1 saturated heterocycles. The summed E-state index contributed by atoms with van der Waals surface area (Å²) in [6, 6.07) is 13.5. The van der Waals surface area contributed by atoms with Crippen molar-refractivity contribution in [3.63, 3.8) is 0 Å². The average Bonchev–Trinajstić information content (AvgIpc) is 3.63. The lowest BCUT2D eigenvalue weighted by molar-refractivity contribution is -0.188. The zero-order chi connectivity index (χ0) is 27.7. The fourth-order valence-corrected chi connectivity index (χ4v) is 4.40. The number of benzene rings is 1. The summed E-state index contributed by atoms with van der Waals surface area (Å²) in [4.78, 5) is 19.7. The predicted octanol–water partition coefficient (Wildman–Crippen LogP) is 3.56. The quantitative estimate of drug-likeness (QED) is 0.292. The Morgan fingerprint density at radius 3 is 2.73 bits per heavy atom. The standard InChI is InChI=1S/C30H32N6O4/c1-21(39-29-4-2-3-15-38-29)30-33-13-14-36(30)20-26-16-27(40-35-26)24-10-7-22(8-11-24)5-6-23-9-12-25(34-17-23)18-32-19-28(31)37/h7-14,16-17,21,29,32H,2-4,15,18-20H2,1H3,(H2,31,37)/t21-,29?/m0/s1. The largest absolute Gasteiger partial charge is 0.369 e. The molecule has 1 aliphatic rings. The zero-order valence-corrected chi connectivity index (χ0v) is 22.4. The van der Waals surface area contributed by atoms with Crippen LogP contribution >= 0.6 is 0 Å². The number of hydrogen-bond acceptors (Lipinski definition) is 8. The van der Waals surface area contributed by atoms with Gasteiger partial charge in [0.25, 0.3) is 0 Å². The third kappa shape index (κ3) is 7.42. The van der Waals surface area contributed by atoms with Gasteiger partial charge in [-0.25, -0.2) is 4.98 Å². The first-order chi connectivity index (χ1) is 19.5. The maximum atomic E-state index is 10.8. The number of ether oxygens (including phenoxy) is 2. The maximum Gasteiger partial charge on any atom is 0.231 e. The molecule has 206 valence electrons. The van der Waals surface area contributed by atoms with Gasteiger partial charge in [-0.05, 0) is 62.6 Å². The smallest absolute Gasteiger partial charge is 0.231 e. The Kier molecular flexibility index (Phi) is 8.98. The van der Waals surface area contributed by atoms with Crippen LogP contribution < -0.4 is 11.1 Å². The van der Waals surface area contributed by atoms with Crippen LogP contribution in [0, 0.1) is 11.8 Å². The molecule has 0 bridgehead atoms. The summed E-state index contributed by atoms with van der Waals surface area (Å²) in [5.41, 5.74) is 9.31. The molecule has 1 unspecified atom stereocenters. The molecule has 0 spiro atoms. The number of primary amides is 1. The predicted molar refractivity (Wildman–Crippen MR) is 147 cm³/mol. The van der Waals surface area contributed by atoms with Crippen LogP contribution in [0.2, 0.25) is 0 Å². The lowest BCUT2D eigenvalue weighted by Gasteiger charge is -2.26. The Bertz CT molecular complexity index is 1460. The van der Waals surface area contributed by atoms with E-state index in [1.807, 2.05) is 60.2 Å². The van der Waals surface area contributed by atoms with Crippen LogP contribution in [-0.2, 0) is 27.4 Å². The van der Waals surface area contributed by atoms with E-state index in [4.69, 9.17) is 19.7 Å². The molecule has 0 aliphatic carbocycles. The number of carbonyl (C=O) groups excluding carboxylic acids is 1. The molecule has 1 fully saturated rings. The van der Waals surface area contributed by atoms with Crippen molar-refractivity contribution in [2.75, 3.05) is 13.2 Å². The molecule has 2 atom stereocenters. The Morgan fingerprint density at radius 2 is 1.98 bits per heavy atom. The maximum absolute atomic E-state index is 10.8. The van der Waals surface area contributed by atoms with Crippen molar-refractivity contribution in [2.45, 2.75) is 51.7 Å². The first-order valence-corrected chi connectivity index (χ1v) is 13.3. The van der Waals surface area contributed by atoms with Gasteiger partial charge < -0.3 is 29.6 Å². The van der Waals surface area contributed by atoms with E-state index >= 15 is 0 Å². The molecule has 0 radical (unpaired) electrons. The number of amides is 1. The monoisotopic (exact) mass is 540 g/mol. The zero-order valence-electron chi connectivity index (χ0n) is 22.4. The number of nitrogens with zero attached hydrogens (tertiary/aromatic N) is 4. The number of nitrogens with one attached hydrogen (secondary N) is 1. The van der Waals surface area contributed by atoms with Gasteiger partial charge in [0.05, 0.1) is 18.8 Å². The summed E-state index contributed by atoms with van der Waals surface area (Å²) in [5.74, 6) is 7.38. The Morgan fingerprint density at radius 1 is 1.15 bits per heavy atom. The molecule has 10 heteroatoms. The summed E-state index contributed by atoms with van der Waals surface area (Å²) in [6.07, 6.45) is 8.13. The number of aromatic nitrogens is 4. The molecule has 40 heavy (non-hydrogen) atoms. The van der Waals surface area contributed by atoms with Gasteiger partial charge in [-0.1, -0.05) is 17.0 Å². The normalized spacial score (nSPS) is 15.8. The van der Waals surface area contributed by atoms with E-state index in [1.54, 1.807) is 12.4 Å². The highest BCUT2D eigenvalue weighted by Gasteiger charge is 2.21. The van der Waals surface area contributed by atoms with Gasteiger partial charge in [0.2, 0.25) is 5.91 Å². The van der Waals surface area contributed by atoms with E-state index < -0.39 is 5.91 Å². The van der Waals surface area contributed by atoms with Crippen LogP contribution in [-0.4, -0.2) is 45.0 Å². The highest BCUT2D eigenvalue weighted by atomic mass is 16.7. The number of imidazole rings is 1. The number of rotatable bonds is 10. The lowest BCUT2D eigenvalue weighted by Crippen LogP contribution is -2.28. The molecule has 3 aromatic heterocycles. The second kappa shape index (κ2) is 13.2. The Hall–Kier alpha value is -4.30. The van der Waals surface area contributed by atoms with Crippen LogP contribution in [0.25, 0.3) is 11.3 Å². The van der Waals surface area contributed by atoms with Crippen LogP contribution in [0.3, 0.4) is 0 Å². The molecule has 3 N–H and O–H groups in total. The molecular weight excluding hydrogens is 508 g/mol. The van der Waals surface area contributed by atoms with Gasteiger partial charge >= 0.3 is 0 Å². The molecular formula is C30H32N6O4. The van der Waals surface area contributed by atoms with Crippen LogP contribution in [0.1, 0.15) is 60.6 Å². The molecule has 4 heterocycles. The molecule has 1 aromatic carbocycles. The van der Waals surface area contributed by atoms with Crippen molar-refractivity contribution in [3.05, 3.63) is 89.4 Å². The summed E-state index contributed by atoms with van der Waals surface area (Å²) in [6.45, 7) is 3.84. The third-order valence-electron chi connectivity index (χ3n) is 6.45. The number of pyridine rings is 1. The third-order valence-corrected chi connectivity index (χ3v) is 6.45. The first-order valence-electron chi connectivity index (χ1n) is 13.3. The van der Waals surface area contributed by atoms with Crippen molar-refractivity contribution >= 4 is 5.91 Å². The number of nitrogens with two attached hydrogens (primary N) is 1. The second-order valence-corrected chi connectivity index (χ2v) is 9.61. The minimum atomic E-state index is -0.401. The van der Waals surface area contributed by atoms with Crippen molar-refractivity contribution in [2.24, 2.45) is 5.73 Å². The van der Waals surface area contributed by atoms with Gasteiger partial charge in [0.15, 0.2) is 12.1 Å². The number of hydrogen-bond donors (Lipinski definition) is 2. The van der Waals surface area contributed by atoms with E-state index in [-0.39, 0.29) is 18.9 Å². The molecule has 1 aliphatic heterocycles. The summed E-state index contributed by atoms with van der Waals surface area (Å²) < 4.78 is 19.5. The van der Waals surface area contributed by atoms with Gasteiger partial charge in [-0.3, -0.25) is 9.78 Å². The molecule has 1 amide bonds. The van der Waals surface area contributed by atoms with Gasteiger partial charge in [-0.2, -0.15) is 0 Å². The average molecular weight is 541 g/mol. The molecule has 5 rings (SSSR count). The SMILES string of the molecule is C[C@H](OC1CCCCO1)c1nccn1Cc1cc(-c2ccc(C#Cc3ccc(CNCC(N)=O)nc3)cc2)on1. The van der Waals surface area contributed by atoms with Gasteiger partial charge in [0, 0.05) is 54.5 Å². The van der Waals surface area contributed by atoms with E-state index in [0.717, 1.165) is 59.8 Å². The fourth-order valence-electron chi connectivity index (χ4n) is 4.40. The van der Waals surface area contributed by atoms with Crippen LogP contribution in [0.15, 0.2) is 65.6 Å². The fraction of sp³-hybridized carbons (Fsp3) is 0.333. The molecule has 0 saturated carbocycles. The highest BCUT2D eigenvalue weighted by molar-refractivity contribution is 5.75. The lowest BCUT2D eigenvalue weighted by atomic mass is 10.1. The summed E-state index contributed by atoms with van der Waals surface area (Å²) >= 11 is 0. The van der Waals surface area contributed by atoms with E-state index in [2.05, 4.69) is 32.3 Å². The first kappa shape index (κ1) is 27.3. The van der Waals surface area contributed by atoms with Gasteiger partial charge in [-0.15, -0.1) is 0 Å². The second-order valence-electron chi connectivity index (χ2n) is 9.61. The van der Waals surface area contributed by atoms with Crippen LogP contribution in [0.4, 0.5) is 0 Å². The van der Waals surface area contributed by atoms with E-state index in [1.165, 1.54) is 0 Å². The summed E-state index contributed by atoms with van der Waals surface area (Å²) in [7, 11) is 0. The van der Waals surface area contributed by atoms with Crippen molar-refractivity contribution in [3.8, 4) is 23.2 Å². The van der Waals surface area contributed by atoms with Crippen LogP contribution in [0.5, 0.6) is 0 Å². The van der Waals surface area contributed by atoms with Gasteiger partial charge in [0.1, 0.15) is 17.6 Å². The van der Waals surface area contributed by atoms with E-state index in [9.17, 15) is 4.79 Å². The van der Waals surface area contributed by atoms with Crippen molar-refractivity contribution in [1.29, 1.82) is 0 Å².